The second kappa shape index (κ2) is 6.94. The quantitative estimate of drug-likeness (QED) is 0.584. The minimum absolute atomic E-state index is 0.154. The Morgan fingerprint density at radius 1 is 1.26 bits per heavy atom. The molecule has 0 saturated heterocycles. The lowest BCUT2D eigenvalue weighted by atomic mass is 10.1. The molecular weight excluding hydrogens is 349 g/mol. The highest BCUT2D eigenvalue weighted by atomic mass is 19.1. The Balaban J connectivity index is 1.64. The number of nitrogens with one attached hydrogen (secondary N) is 1. The molecule has 0 bridgehead atoms. The monoisotopic (exact) mass is 365 g/mol. The number of hydrogen-bond donors (Lipinski definition) is 1. The molecule has 4 aromatic rings. The molecule has 1 atom stereocenters. The van der Waals surface area contributed by atoms with Crippen molar-refractivity contribution in [3.63, 3.8) is 0 Å². The molecule has 0 aliphatic heterocycles. The molecule has 3 aromatic heterocycles. The van der Waals surface area contributed by atoms with Gasteiger partial charge in [0.1, 0.15) is 17.8 Å². The van der Waals surface area contributed by atoms with E-state index in [-0.39, 0.29) is 17.8 Å². The average Bonchev–Trinajstić information content (AvgIpc) is 3.32. The molecule has 0 radical (unpaired) electrons. The van der Waals surface area contributed by atoms with Crippen molar-refractivity contribution in [1.82, 2.24) is 34.7 Å². The van der Waals surface area contributed by atoms with Gasteiger partial charge in [-0.25, -0.2) is 9.37 Å². The van der Waals surface area contributed by atoms with Crippen molar-refractivity contribution in [2.45, 2.75) is 19.5 Å². The molecule has 9 heteroatoms. The first-order valence-corrected chi connectivity index (χ1v) is 8.35. The van der Waals surface area contributed by atoms with Gasteiger partial charge in [0.05, 0.1) is 12.2 Å². The number of amides is 1. The summed E-state index contributed by atoms with van der Waals surface area (Å²) in [6, 6.07) is 9.18. The number of carbonyl (C=O) groups is 1. The van der Waals surface area contributed by atoms with Gasteiger partial charge in [-0.3, -0.25) is 9.48 Å². The molecule has 0 aliphatic rings. The molecule has 8 nitrogen and oxygen atoms in total. The lowest BCUT2D eigenvalue weighted by Gasteiger charge is -2.15. The number of carbonyl (C=O) groups excluding carboxylic acids is 1. The van der Waals surface area contributed by atoms with Crippen molar-refractivity contribution < 1.29 is 9.18 Å². The van der Waals surface area contributed by atoms with Gasteiger partial charge in [0, 0.05) is 24.0 Å². The van der Waals surface area contributed by atoms with Crippen molar-refractivity contribution in [2.75, 3.05) is 0 Å². The zero-order valence-electron chi connectivity index (χ0n) is 14.5. The van der Waals surface area contributed by atoms with Crippen molar-refractivity contribution in [3.05, 3.63) is 66.6 Å². The second-order valence-electron chi connectivity index (χ2n) is 6.11. The van der Waals surface area contributed by atoms with E-state index in [4.69, 9.17) is 0 Å². The highest BCUT2D eigenvalue weighted by Gasteiger charge is 2.17. The fourth-order valence-corrected chi connectivity index (χ4v) is 2.77. The first-order chi connectivity index (χ1) is 13.1. The van der Waals surface area contributed by atoms with Gasteiger partial charge < -0.3 is 5.32 Å². The Morgan fingerprint density at radius 2 is 2.07 bits per heavy atom. The van der Waals surface area contributed by atoms with Crippen LogP contribution in [0.1, 0.15) is 17.4 Å². The molecule has 1 N–H and O–H groups in total. The number of nitrogens with zero attached hydrogens (tertiary/aromatic N) is 6. The normalized spacial score (nSPS) is 12.2. The molecule has 136 valence electrons. The first-order valence-electron chi connectivity index (χ1n) is 8.35. The zero-order chi connectivity index (χ0) is 18.8. The molecule has 0 saturated carbocycles. The summed E-state index contributed by atoms with van der Waals surface area (Å²) in [6.45, 7) is 2.43. The van der Waals surface area contributed by atoms with Gasteiger partial charge in [0.25, 0.3) is 11.7 Å². The molecule has 4 rings (SSSR count). The van der Waals surface area contributed by atoms with Crippen molar-refractivity contribution in [1.29, 1.82) is 0 Å². The van der Waals surface area contributed by atoms with Gasteiger partial charge >= 0.3 is 0 Å². The summed E-state index contributed by atoms with van der Waals surface area (Å²) in [7, 11) is 0. The number of fused-ring (bicyclic) bond motifs is 1. The molecule has 1 amide bonds. The predicted octanol–water partition coefficient (Wildman–Crippen LogP) is 1.95. The van der Waals surface area contributed by atoms with Crippen molar-refractivity contribution in [2.24, 2.45) is 0 Å². The van der Waals surface area contributed by atoms with Crippen LogP contribution in [0.15, 0.2) is 55.1 Å². The van der Waals surface area contributed by atoms with Crippen LogP contribution in [0.2, 0.25) is 0 Å². The smallest absolute Gasteiger partial charge is 0.270 e. The first kappa shape index (κ1) is 16.8. The van der Waals surface area contributed by atoms with Crippen LogP contribution < -0.4 is 5.32 Å². The zero-order valence-corrected chi connectivity index (χ0v) is 14.5. The number of halogens is 1. The lowest BCUT2D eigenvalue weighted by molar-refractivity contribution is 0.0928. The summed E-state index contributed by atoms with van der Waals surface area (Å²) >= 11 is 0. The topological polar surface area (TPSA) is 90.0 Å². The lowest BCUT2D eigenvalue weighted by Crippen LogP contribution is -2.36. The van der Waals surface area contributed by atoms with Crippen LogP contribution in [0.25, 0.3) is 17.0 Å². The van der Waals surface area contributed by atoms with E-state index in [1.54, 1.807) is 29.1 Å². The number of benzene rings is 1. The maximum Gasteiger partial charge on any atom is 0.270 e. The minimum atomic E-state index is -0.340. The summed E-state index contributed by atoms with van der Waals surface area (Å²) in [5.74, 6) is -0.356. The van der Waals surface area contributed by atoms with Gasteiger partial charge in [0.15, 0.2) is 0 Å². The second-order valence-corrected chi connectivity index (χ2v) is 6.11. The molecule has 0 spiro atoms. The maximum atomic E-state index is 13.2. The fraction of sp³-hybridized carbons (Fsp3) is 0.167. The summed E-state index contributed by atoms with van der Waals surface area (Å²) in [5.41, 5.74) is 1.49. The Morgan fingerprint density at radius 3 is 2.81 bits per heavy atom. The SMILES string of the molecule is C[C@H](Cn1cccn1)NC(=O)c1cc(-c2ccc(F)cc2)nc2ncnn12. The highest BCUT2D eigenvalue weighted by molar-refractivity contribution is 5.94. The standard InChI is InChI=1S/C18H16FN7O/c1-12(10-25-8-2-7-21-25)23-17(27)16-9-15(13-3-5-14(19)6-4-13)24-18-20-11-22-26(16)18/h2-9,11-12H,10H2,1H3,(H,23,27)/t12-/m1/s1. The Hall–Kier alpha value is -3.62. The van der Waals surface area contributed by atoms with E-state index >= 15 is 0 Å². The fourth-order valence-electron chi connectivity index (χ4n) is 2.77. The summed E-state index contributed by atoms with van der Waals surface area (Å²) < 4.78 is 16.3. The number of aromatic nitrogens is 6. The van der Waals surface area contributed by atoms with E-state index in [1.807, 2.05) is 19.2 Å². The average molecular weight is 365 g/mol. The van der Waals surface area contributed by atoms with Crippen LogP contribution in [0.5, 0.6) is 0 Å². The maximum absolute atomic E-state index is 13.2. The summed E-state index contributed by atoms with van der Waals surface area (Å²) in [6.07, 6.45) is 4.85. The number of rotatable bonds is 5. The molecule has 0 fully saturated rings. The largest absolute Gasteiger partial charge is 0.346 e. The van der Waals surface area contributed by atoms with Crippen LogP contribution in [-0.4, -0.2) is 41.3 Å². The van der Waals surface area contributed by atoms with Gasteiger partial charge in [0.2, 0.25) is 0 Å². The van der Waals surface area contributed by atoms with Crippen molar-refractivity contribution in [3.8, 4) is 11.3 Å². The van der Waals surface area contributed by atoms with Crippen LogP contribution >= 0.6 is 0 Å². The highest BCUT2D eigenvalue weighted by Crippen LogP contribution is 2.19. The third-order valence-corrected chi connectivity index (χ3v) is 4.02. The molecule has 0 unspecified atom stereocenters. The third kappa shape index (κ3) is 3.52. The Labute approximate surface area is 153 Å². The molecule has 1 aromatic carbocycles. The summed E-state index contributed by atoms with van der Waals surface area (Å²) in [4.78, 5) is 21.3. The van der Waals surface area contributed by atoms with Crippen LogP contribution in [0, 0.1) is 5.82 Å². The van der Waals surface area contributed by atoms with E-state index in [0.717, 1.165) is 0 Å². The van der Waals surface area contributed by atoms with E-state index in [2.05, 4.69) is 25.5 Å². The molecule has 27 heavy (non-hydrogen) atoms. The molecular formula is C18H16FN7O. The Bertz CT molecular complexity index is 1070. The van der Waals surface area contributed by atoms with E-state index in [1.165, 1.54) is 23.0 Å². The van der Waals surface area contributed by atoms with E-state index in [9.17, 15) is 9.18 Å². The van der Waals surface area contributed by atoms with Gasteiger partial charge in [-0.2, -0.15) is 19.7 Å². The number of hydrogen-bond acceptors (Lipinski definition) is 5. The van der Waals surface area contributed by atoms with E-state index in [0.29, 0.717) is 29.3 Å². The summed E-state index contributed by atoms with van der Waals surface area (Å²) in [5, 5.41) is 11.1. The van der Waals surface area contributed by atoms with Crippen LogP contribution in [0.3, 0.4) is 0 Å². The third-order valence-electron chi connectivity index (χ3n) is 4.02. The predicted molar refractivity (Wildman–Crippen MR) is 95.3 cm³/mol. The van der Waals surface area contributed by atoms with Gasteiger partial charge in [-0.15, -0.1) is 0 Å². The van der Waals surface area contributed by atoms with Gasteiger partial charge in [-0.05, 0) is 43.3 Å². The molecule has 0 aliphatic carbocycles. The van der Waals surface area contributed by atoms with Crippen molar-refractivity contribution >= 4 is 11.7 Å². The van der Waals surface area contributed by atoms with E-state index < -0.39 is 0 Å². The minimum Gasteiger partial charge on any atom is -0.346 e. The van der Waals surface area contributed by atoms with Crippen LogP contribution in [0.4, 0.5) is 4.39 Å². The van der Waals surface area contributed by atoms with Gasteiger partial charge in [-0.1, -0.05) is 0 Å². The molecule has 3 heterocycles. The van der Waals surface area contributed by atoms with Crippen LogP contribution in [-0.2, 0) is 6.54 Å². The Kier molecular flexibility index (Phi) is 4.33.